The lowest BCUT2D eigenvalue weighted by atomic mass is 10.2. The molecular weight excluding hydrogens is 292 g/mol. The molecule has 3 nitrogen and oxygen atoms in total. The van der Waals surface area contributed by atoms with Crippen LogP contribution in [0.4, 0.5) is 0 Å². The number of nitrogens with zero attached hydrogens (tertiary/aromatic N) is 2. The summed E-state index contributed by atoms with van der Waals surface area (Å²) in [5, 5.41) is 2.16. The van der Waals surface area contributed by atoms with Crippen LogP contribution in [0.15, 0.2) is 41.8 Å². The number of hydrogen-bond acceptors (Lipinski definition) is 4. The molecule has 4 heteroatoms. The number of thiophene rings is 1. The number of piperazine rings is 1. The Hall–Kier alpha value is -1.36. The molecule has 2 heterocycles. The van der Waals surface area contributed by atoms with Crippen LogP contribution in [0.3, 0.4) is 0 Å². The lowest BCUT2D eigenvalue weighted by Gasteiger charge is -2.34. The van der Waals surface area contributed by atoms with Crippen LogP contribution in [0.5, 0.6) is 5.75 Å². The fourth-order valence-electron chi connectivity index (χ4n) is 2.72. The van der Waals surface area contributed by atoms with Gasteiger partial charge in [0, 0.05) is 44.1 Å². The number of aryl methyl sites for hydroxylation is 1. The molecule has 3 rings (SSSR count). The van der Waals surface area contributed by atoms with Gasteiger partial charge in [0.25, 0.3) is 0 Å². The van der Waals surface area contributed by atoms with Crippen molar-refractivity contribution in [3.63, 3.8) is 0 Å². The zero-order valence-electron chi connectivity index (χ0n) is 13.2. The standard InChI is InChI=1S/C18H24N2OS/c1-16-4-6-17(7-5-16)21-13-12-19-8-10-20(11-9-19)15-18-3-2-14-22-18/h2-7,14H,8-13,15H2,1H3. The van der Waals surface area contributed by atoms with Crippen LogP contribution < -0.4 is 4.74 Å². The van der Waals surface area contributed by atoms with Gasteiger partial charge in [0.1, 0.15) is 12.4 Å². The van der Waals surface area contributed by atoms with E-state index in [4.69, 9.17) is 4.74 Å². The van der Waals surface area contributed by atoms with Gasteiger partial charge in [-0.2, -0.15) is 0 Å². The molecule has 1 aromatic carbocycles. The van der Waals surface area contributed by atoms with Gasteiger partial charge in [0.2, 0.25) is 0 Å². The van der Waals surface area contributed by atoms with Crippen molar-refractivity contribution in [3.8, 4) is 5.75 Å². The first-order chi connectivity index (χ1) is 10.8. The van der Waals surface area contributed by atoms with Crippen molar-refractivity contribution in [2.24, 2.45) is 0 Å². The van der Waals surface area contributed by atoms with Gasteiger partial charge in [0.15, 0.2) is 0 Å². The molecule has 0 saturated carbocycles. The molecule has 0 radical (unpaired) electrons. The van der Waals surface area contributed by atoms with Gasteiger partial charge in [-0.15, -0.1) is 11.3 Å². The highest BCUT2D eigenvalue weighted by Crippen LogP contribution is 2.14. The lowest BCUT2D eigenvalue weighted by molar-refractivity contribution is 0.113. The summed E-state index contributed by atoms with van der Waals surface area (Å²) in [6.45, 7) is 9.58. The molecular formula is C18H24N2OS. The molecule has 0 bridgehead atoms. The van der Waals surface area contributed by atoms with E-state index >= 15 is 0 Å². The molecule has 1 aliphatic heterocycles. The Kier molecular flexibility index (Phi) is 5.48. The van der Waals surface area contributed by atoms with Gasteiger partial charge < -0.3 is 4.74 Å². The number of ether oxygens (including phenoxy) is 1. The summed E-state index contributed by atoms with van der Waals surface area (Å²) >= 11 is 1.85. The van der Waals surface area contributed by atoms with Gasteiger partial charge in [0.05, 0.1) is 0 Å². The maximum absolute atomic E-state index is 5.82. The molecule has 118 valence electrons. The van der Waals surface area contributed by atoms with E-state index < -0.39 is 0 Å². The van der Waals surface area contributed by atoms with Crippen LogP contribution in [-0.4, -0.2) is 49.1 Å². The van der Waals surface area contributed by atoms with Crippen LogP contribution in [0.25, 0.3) is 0 Å². The molecule has 1 aromatic heterocycles. The Labute approximate surface area is 137 Å². The normalized spacial score (nSPS) is 16.8. The van der Waals surface area contributed by atoms with Crippen molar-refractivity contribution >= 4 is 11.3 Å². The highest BCUT2D eigenvalue weighted by atomic mass is 32.1. The monoisotopic (exact) mass is 316 g/mol. The predicted molar refractivity (Wildman–Crippen MR) is 92.7 cm³/mol. The molecule has 0 aliphatic carbocycles. The van der Waals surface area contributed by atoms with Gasteiger partial charge >= 0.3 is 0 Å². The summed E-state index contributed by atoms with van der Waals surface area (Å²) in [6, 6.07) is 12.7. The first-order valence-electron chi connectivity index (χ1n) is 7.96. The quantitative estimate of drug-likeness (QED) is 0.813. The first kappa shape index (κ1) is 15.5. The second-order valence-corrected chi connectivity index (χ2v) is 6.89. The van der Waals surface area contributed by atoms with Crippen molar-refractivity contribution in [1.29, 1.82) is 0 Å². The highest BCUT2D eigenvalue weighted by Gasteiger charge is 2.16. The van der Waals surface area contributed by atoms with Crippen LogP contribution in [0.2, 0.25) is 0 Å². The maximum Gasteiger partial charge on any atom is 0.119 e. The third-order valence-corrected chi connectivity index (χ3v) is 4.98. The average Bonchev–Trinajstić information content (AvgIpc) is 3.04. The highest BCUT2D eigenvalue weighted by molar-refractivity contribution is 7.09. The molecule has 0 amide bonds. The van der Waals surface area contributed by atoms with Crippen LogP contribution in [0, 0.1) is 6.92 Å². The fraction of sp³-hybridized carbons (Fsp3) is 0.444. The number of benzene rings is 1. The van der Waals surface area contributed by atoms with E-state index in [-0.39, 0.29) is 0 Å². The second kappa shape index (κ2) is 7.77. The fourth-order valence-corrected chi connectivity index (χ4v) is 3.47. The smallest absolute Gasteiger partial charge is 0.119 e. The largest absolute Gasteiger partial charge is 0.492 e. The summed E-state index contributed by atoms with van der Waals surface area (Å²) < 4.78 is 5.82. The molecule has 0 N–H and O–H groups in total. The van der Waals surface area contributed by atoms with Crippen molar-refractivity contribution < 1.29 is 4.74 Å². The number of rotatable bonds is 6. The molecule has 1 aliphatic rings. The molecule has 0 spiro atoms. The Morgan fingerprint density at radius 3 is 2.41 bits per heavy atom. The SMILES string of the molecule is Cc1ccc(OCCN2CCN(Cc3cccs3)CC2)cc1. The topological polar surface area (TPSA) is 15.7 Å². The Morgan fingerprint density at radius 1 is 1.00 bits per heavy atom. The van der Waals surface area contributed by atoms with Gasteiger partial charge in [-0.25, -0.2) is 0 Å². The molecule has 0 atom stereocenters. The summed E-state index contributed by atoms with van der Waals surface area (Å²) in [7, 11) is 0. The summed E-state index contributed by atoms with van der Waals surface area (Å²) in [4.78, 5) is 6.51. The van der Waals surface area contributed by atoms with Crippen molar-refractivity contribution in [2.75, 3.05) is 39.3 Å². The minimum absolute atomic E-state index is 0.772. The van der Waals surface area contributed by atoms with Crippen LogP contribution >= 0.6 is 11.3 Å². The van der Waals surface area contributed by atoms with E-state index in [1.165, 1.54) is 10.4 Å². The lowest BCUT2D eigenvalue weighted by Crippen LogP contribution is -2.46. The molecule has 1 saturated heterocycles. The van der Waals surface area contributed by atoms with Crippen molar-refractivity contribution in [3.05, 3.63) is 52.2 Å². The van der Waals surface area contributed by atoms with E-state index in [0.717, 1.165) is 51.6 Å². The Morgan fingerprint density at radius 2 is 1.73 bits per heavy atom. The summed E-state index contributed by atoms with van der Waals surface area (Å²) in [5.74, 6) is 0.974. The average molecular weight is 316 g/mol. The third-order valence-electron chi connectivity index (χ3n) is 4.12. The van der Waals surface area contributed by atoms with Crippen molar-refractivity contribution in [1.82, 2.24) is 9.80 Å². The van der Waals surface area contributed by atoms with Gasteiger partial charge in [-0.05, 0) is 30.5 Å². The Bertz CT molecular complexity index is 545. The van der Waals surface area contributed by atoms with Gasteiger partial charge in [-0.1, -0.05) is 23.8 Å². The summed E-state index contributed by atoms with van der Waals surface area (Å²) in [6.07, 6.45) is 0. The first-order valence-corrected chi connectivity index (χ1v) is 8.84. The van der Waals surface area contributed by atoms with Gasteiger partial charge in [-0.3, -0.25) is 9.80 Å². The zero-order valence-corrected chi connectivity index (χ0v) is 14.0. The van der Waals surface area contributed by atoms with Crippen LogP contribution in [-0.2, 0) is 6.54 Å². The second-order valence-electron chi connectivity index (χ2n) is 5.86. The van der Waals surface area contributed by atoms with E-state index in [1.807, 2.05) is 23.5 Å². The number of hydrogen-bond donors (Lipinski definition) is 0. The molecule has 22 heavy (non-hydrogen) atoms. The van der Waals surface area contributed by atoms with E-state index in [9.17, 15) is 0 Å². The summed E-state index contributed by atoms with van der Waals surface area (Å²) in [5.41, 5.74) is 1.27. The molecule has 1 fully saturated rings. The van der Waals surface area contributed by atoms with E-state index in [1.54, 1.807) is 0 Å². The van der Waals surface area contributed by atoms with Crippen LogP contribution in [0.1, 0.15) is 10.4 Å². The molecule has 2 aromatic rings. The van der Waals surface area contributed by atoms with E-state index in [2.05, 4.69) is 46.4 Å². The maximum atomic E-state index is 5.82. The molecule has 0 unspecified atom stereocenters. The minimum Gasteiger partial charge on any atom is -0.492 e. The third kappa shape index (κ3) is 4.57. The van der Waals surface area contributed by atoms with Crippen molar-refractivity contribution in [2.45, 2.75) is 13.5 Å². The predicted octanol–water partition coefficient (Wildman–Crippen LogP) is 3.25. The minimum atomic E-state index is 0.772. The zero-order chi connectivity index (χ0) is 15.2. The van der Waals surface area contributed by atoms with E-state index in [0.29, 0.717) is 0 Å². The Balaban J connectivity index is 1.34.